The average molecular weight is 449 g/mol. The second-order valence-electron chi connectivity index (χ2n) is 6.70. The van der Waals surface area contributed by atoms with Crippen molar-refractivity contribution in [2.75, 3.05) is 29.3 Å². The number of rotatable bonds is 7. The van der Waals surface area contributed by atoms with Crippen molar-refractivity contribution in [1.82, 2.24) is 9.97 Å². The molecule has 32 heavy (non-hydrogen) atoms. The number of benzene rings is 2. The van der Waals surface area contributed by atoms with Gasteiger partial charge in [0, 0.05) is 25.4 Å². The Balaban J connectivity index is 1.97. The summed E-state index contributed by atoms with van der Waals surface area (Å²) in [7, 11) is 1.54. The van der Waals surface area contributed by atoms with Crippen LogP contribution < -0.4 is 15.5 Å². The maximum Gasteiger partial charge on any atom is 0.332 e. The molecule has 0 fully saturated rings. The predicted octanol–water partition coefficient (Wildman–Crippen LogP) is 4.85. The number of aromatic nitrogens is 2. The van der Waals surface area contributed by atoms with Crippen LogP contribution in [0.4, 0.5) is 45.5 Å². The fraction of sp³-hybridized carbons (Fsp3) is 0.190. The molecule has 1 aromatic heterocycles. The lowest BCUT2D eigenvalue weighted by Gasteiger charge is -2.23. The van der Waals surface area contributed by atoms with Gasteiger partial charge in [-0.15, -0.1) is 0 Å². The van der Waals surface area contributed by atoms with Crippen molar-refractivity contribution in [3.8, 4) is 0 Å². The zero-order valence-corrected chi connectivity index (χ0v) is 17.1. The molecule has 3 aromatic rings. The quantitative estimate of drug-likeness (QED) is 0.398. The molecule has 7 nitrogen and oxygen atoms in total. The molecule has 168 valence electrons. The Kier molecular flexibility index (Phi) is 7.21. The average Bonchev–Trinajstić information content (AvgIpc) is 2.76. The highest BCUT2D eigenvalue weighted by Gasteiger charge is 2.23. The maximum atomic E-state index is 14.1. The number of halogens is 4. The van der Waals surface area contributed by atoms with Crippen LogP contribution in [0, 0.1) is 23.3 Å². The summed E-state index contributed by atoms with van der Waals surface area (Å²) in [4.78, 5) is 22.4. The van der Waals surface area contributed by atoms with Crippen LogP contribution in [-0.4, -0.2) is 35.8 Å². The Morgan fingerprint density at radius 3 is 2.47 bits per heavy atom. The Labute approximate surface area is 181 Å². The van der Waals surface area contributed by atoms with Crippen LogP contribution in [0.5, 0.6) is 0 Å². The van der Waals surface area contributed by atoms with E-state index in [4.69, 9.17) is 4.74 Å². The number of anilines is 4. The Hall–Kier alpha value is -3.73. The normalized spacial score (nSPS) is 11.7. The van der Waals surface area contributed by atoms with E-state index in [1.807, 2.05) is 6.92 Å². The van der Waals surface area contributed by atoms with E-state index in [0.29, 0.717) is 12.7 Å². The number of nitrogens with one attached hydrogen (secondary N) is 2. The number of carbonyl (C=O) groups excluding carboxylic acids is 1. The highest BCUT2D eigenvalue weighted by Crippen LogP contribution is 2.27. The van der Waals surface area contributed by atoms with Crippen molar-refractivity contribution < 1.29 is 27.1 Å². The Morgan fingerprint density at radius 1 is 1.06 bits per heavy atom. The molecule has 0 saturated heterocycles. The smallest absolute Gasteiger partial charge is 0.332 e. The van der Waals surface area contributed by atoms with Crippen molar-refractivity contribution in [1.29, 1.82) is 0 Å². The van der Waals surface area contributed by atoms with Gasteiger partial charge in [0.1, 0.15) is 11.6 Å². The summed E-state index contributed by atoms with van der Waals surface area (Å²) in [5.74, 6) is -5.00. The van der Waals surface area contributed by atoms with Crippen molar-refractivity contribution in [2.24, 2.45) is 0 Å². The number of amides is 2. The zero-order valence-electron chi connectivity index (χ0n) is 17.1. The van der Waals surface area contributed by atoms with E-state index < -0.39 is 35.0 Å². The minimum Gasteiger partial charge on any atom is -0.383 e. The molecule has 0 bridgehead atoms. The molecule has 1 atom stereocenters. The number of nitrogens with zero attached hydrogens (tertiary/aromatic N) is 3. The third-order valence-electron chi connectivity index (χ3n) is 4.23. The number of carbonyl (C=O) groups is 1. The van der Waals surface area contributed by atoms with Crippen LogP contribution in [0.25, 0.3) is 0 Å². The maximum absolute atomic E-state index is 14.1. The first-order valence-corrected chi connectivity index (χ1v) is 9.39. The van der Waals surface area contributed by atoms with Gasteiger partial charge >= 0.3 is 6.03 Å². The number of urea groups is 1. The third-order valence-corrected chi connectivity index (χ3v) is 4.23. The molecule has 0 radical (unpaired) electrons. The molecule has 3 rings (SSSR count). The van der Waals surface area contributed by atoms with E-state index in [-0.39, 0.29) is 23.5 Å². The number of hydrogen-bond donors (Lipinski definition) is 2. The second-order valence-corrected chi connectivity index (χ2v) is 6.70. The monoisotopic (exact) mass is 449 g/mol. The summed E-state index contributed by atoms with van der Waals surface area (Å²) in [6.07, 6.45) is 1.38. The van der Waals surface area contributed by atoms with Gasteiger partial charge in [0.25, 0.3) is 0 Å². The van der Waals surface area contributed by atoms with Crippen LogP contribution in [0.1, 0.15) is 6.92 Å². The summed E-state index contributed by atoms with van der Waals surface area (Å²) >= 11 is 0. The van der Waals surface area contributed by atoms with E-state index in [1.165, 1.54) is 31.5 Å². The van der Waals surface area contributed by atoms with Gasteiger partial charge in [-0.2, -0.15) is 4.98 Å². The van der Waals surface area contributed by atoms with E-state index in [9.17, 15) is 22.4 Å². The van der Waals surface area contributed by atoms with Crippen molar-refractivity contribution in [3.63, 3.8) is 0 Å². The Bertz CT molecular complexity index is 1100. The molecule has 0 aliphatic heterocycles. The fourth-order valence-electron chi connectivity index (χ4n) is 2.79. The van der Waals surface area contributed by atoms with E-state index in [1.54, 1.807) is 0 Å². The number of methoxy groups -OCH3 is 1. The molecular formula is C21H19F4N5O2. The van der Waals surface area contributed by atoms with Gasteiger partial charge < -0.3 is 15.4 Å². The number of ether oxygens (including phenoxy) is 1. The van der Waals surface area contributed by atoms with Gasteiger partial charge in [-0.25, -0.2) is 32.2 Å². The van der Waals surface area contributed by atoms with Crippen LogP contribution in [0.3, 0.4) is 0 Å². The predicted molar refractivity (Wildman–Crippen MR) is 111 cm³/mol. The molecule has 0 unspecified atom stereocenters. The van der Waals surface area contributed by atoms with E-state index in [0.717, 1.165) is 23.1 Å². The number of hydrogen-bond acceptors (Lipinski definition) is 5. The lowest BCUT2D eigenvalue weighted by Crippen LogP contribution is -2.32. The first kappa shape index (κ1) is 22.9. The van der Waals surface area contributed by atoms with Crippen LogP contribution in [0.2, 0.25) is 0 Å². The first-order valence-electron chi connectivity index (χ1n) is 9.39. The highest BCUT2D eigenvalue weighted by molar-refractivity contribution is 6.06. The minimum absolute atomic E-state index is 0.0548. The zero-order chi connectivity index (χ0) is 23.3. The molecule has 0 spiro atoms. The molecule has 0 aliphatic carbocycles. The van der Waals surface area contributed by atoms with Crippen molar-refractivity contribution in [3.05, 3.63) is 71.9 Å². The summed E-state index contributed by atoms with van der Waals surface area (Å²) in [5, 5.41) is 5.17. The van der Waals surface area contributed by atoms with Gasteiger partial charge in [-0.05, 0) is 43.3 Å². The van der Waals surface area contributed by atoms with E-state index >= 15 is 0 Å². The fourth-order valence-corrected chi connectivity index (χ4v) is 2.79. The van der Waals surface area contributed by atoms with Crippen LogP contribution >= 0.6 is 0 Å². The van der Waals surface area contributed by atoms with Crippen LogP contribution in [0.15, 0.2) is 48.7 Å². The van der Waals surface area contributed by atoms with Gasteiger partial charge in [0.2, 0.25) is 5.95 Å². The van der Waals surface area contributed by atoms with Crippen molar-refractivity contribution in [2.45, 2.75) is 13.0 Å². The minimum atomic E-state index is -1.73. The highest BCUT2D eigenvalue weighted by atomic mass is 19.2. The lowest BCUT2D eigenvalue weighted by molar-refractivity contribution is 0.190. The molecular weight excluding hydrogens is 430 g/mol. The van der Waals surface area contributed by atoms with Crippen molar-refractivity contribution >= 4 is 29.2 Å². The van der Waals surface area contributed by atoms with Gasteiger partial charge in [0.05, 0.1) is 18.0 Å². The van der Waals surface area contributed by atoms with Gasteiger partial charge in [0.15, 0.2) is 17.5 Å². The molecule has 11 heteroatoms. The molecule has 0 saturated carbocycles. The summed E-state index contributed by atoms with van der Waals surface area (Å²) < 4.78 is 59.3. The Morgan fingerprint density at radius 2 is 1.78 bits per heavy atom. The first-order chi connectivity index (χ1) is 15.3. The second kappa shape index (κ2) is 10.1. The molecule has 0 aliphatic rings. The summed E-state index contributed by atoms with van der Waals surface area (Å²) in [6, 6.07) is 6.71. The molecule has 2 aromatic carbocycles. The third kappa shape index (κ3) is 5.30. The summed E-state index contributed by atoms with van der Waals surface area (Å²) in [6.45, 7) is 2.20. The topological polar surface area (TPSA) is 79.4 Å². The standard InChI is InChI=1S/C21H19F4N5O2/c1-12(11-32-2)27-20-26-10-9-17(29-20)30(14-5-3-13(22)4-6-14)21(31)28-16-8-7-15(23)18(24)19(16)25/h3-10,12H,11H2,1-2H3,(H,28,31)(H,26,27,29)/t12-/m0/s1. The molecule has 1 heterocycles. The van der Waals surface area contributed by atoms with Gasteiger partial charge in [-0.1, -0.05) is 0 Å². The van der Waals surface area contributed by atoms with Crippen LogP contribution in [-0.2, 0) is 4.74 Å². The lowest BCUT2D eigenvalue weighted by atomic mass is 10.2. The molecule has 2 N–H and O–H groups in total. The summed E-state index contributed by atoms with van der Waals surface area (Å²) in [5.41, 5.74) is -0.399. The van der Waals surface area contributed by atoms with Gasteiger partial charge in [-0.3, -0.25) is 0 Å². The largest absolute Gasteiger partial charge is 0.383 e. The molecule has 2 amide bonds. The SMILES string of the molecule is COC[C@H](C)Nc1nccc(N(C(=O)Nc2ccc(F)c(F)c2F)c2ccc(F)cc2)n1. The van der Waals surface area contributed by atoms with E-state index in [2.05, 4.69) is 20.6 Å².